The zero-order valence-corrected chi connectivity index (χ0v) is 12.3. The van der Waals surface area contributed by atoms with Crippen molar-refractivity contribution in [2.45, 2.75) is 20.3 Å². The highest BCUT2D eigenvalue weighted by molar-refractivity contribution is 7.03. The van der Waals surface area contributed by atoms with E-state index in [-0.39, 0.29) is 5.91 Å². The van der Waals surface area contributed by atoms with E-state index in [2.05, 4.69) is 28.3 Å². The molecule has 2 aliphatic rings. The van der Waals surface area contributed by atoms with E-state index in [4.69, 9.17) is 0 Å². The molecule has 3 heterocycles. The molecule has 19 heavy (non-hydrogen) atoms. The Labute approximate surface area is 117 Å². The second-order valence-electron chi connectivity index (χ2n) is 6.33. The lowest BCUT2D eigenvalue weighted by Crippen LogP contribution is -2.59. The summed E-state index contributed by atoms with van der Waals surface area (Å²) in [7, 11) is 0. The monoisotopic (exact) mass is 280 g/mol. The first-order chi connectivity index (χ1) is 9.08. The summed E-state index contributed by atoms with van der Waals surface area (Å²) in [4.78, 5) is 16.6. The minimum absolute atomic E-state index is 0.0432. The molecule has 0 aliphatic carbocycles. The minimum atomic E-state index is 0.0432. The molecule has 3 rings (SSSR count). The van der Waals surface area contributed by atoms with Crippen molar-refractivity contribution in [3.8, 4) is 0 Å². The van der Waals surface area contributed by atoms with Crippen LogP contribution in [-0.4, -0.2) is 58.0 Å². The van der Waals surface area contributed by atoms with Crippen LogP contribution in [-0.2, 0) is 0 Å². The summed E-state index contributed by atoms with van der Waals surface area (Å²) in [6.45, 7) is 9.79. The number of carbonyl (C=O) groups is 1. The highest BCUT2D eigenvalue weighted by Crippen LogP contribution is 2.40. The molecule has 1 spiro atoms. The van der Waals surface area contributed by atoms with E-state index in [0.717, 1.165) is 19.6 Å². The van der Waals surface area contributed by atoms with Gasteiger partial charge in [0.2, 0.25) is 0 Å². The van der Waals surface area contributed by atoms with Crippen LogP contribution in [0.5, 0.6) is 0 Å². The predicted molar refractivity (Wildman–Crippen MR) is 74.1 cm³/mol. The smallest absolute Gasteiger partial charge is 0.275 e. The topological polar surface area (TPSA) is 49.3 Å². The average molecular weight is 280 g/mol. The van der Waals surface area contributed by atoms with Crippen LogP contribution in [0, 0.1) is 11.3 Å². The minimum Gasteiger partial charge on any atom is -0.336 e. The maximum atomic E-state index is 12.1. The van der Waals surface area contributed by atoms with Gasteiger partial charge in [0.15, 0.2) is 5.69 Å². The summed E-state index contributed by atoms with van der Waals surface area (Å²) >= 11 is 1.23. The molecule has 1 amide bonds. The normalized spacial score (nSPS) is 22.2. The van der Waals surface area contributed by atoms with Crippen LogP contribution in [0.4, 0.5) is 0 Å². The van der Waals surface area contributed by atoms with E-state index in [9.17, 15) is 4.79 Å². The molecular weight excluding hydrogens is 260 g/mol. The lowest BCUT2D eigenvalue weighted by molar-refractivity contribution is 0.00980. The number of hydrogen-bond donors (Lipinski definition) is 0. The Balaban J connectivity index is 1.54. The number of carbonyl (C=O) groups excluding carboxylic acids is 1. The number of amides is 1. The first-order valence-corrected chi connectivity index (χ1v) is 7.70. The molecule has 2 aliphatic heterocycles. The molecular formula is C13H20N4OS. The van der Waals surface area contributed by atoms with Crippen molar-refractivity contribution < 1.29 is 4.79 Å². The zero-order chi connectivity index (χ0) is 13.5. The van der Waals surface area contributed by atoms with Crippen molar-refractivity contribution >= 4 is 17.4 Å². The maximum Gasteiger partial charge on any atom is 0.275 e. The van der Waals surface area contributed by atoms with Crippen molar-refractivity contribution in [1.82, 2.24) is 19.4 Å². The number of hydrogen-bond acceptors (Lipinski definition) is 5. The highest BCUT2D eigenvalue weighted by atomic mass is 32.1. The van der Waals surface area contributed by atoms with Gasteiger partial charge >= 0.3 is 0 Å². The Hall–Kier alpha value is -1.01. The van der Waals surface area contributed by atoms with Gasteiger partial charge < -0.3 is 9.80 Å². The van der Waals surface area contributed by atoms with Gasteiger partial charge in [-0.3, -0.25) is 4.79 Å². The second kappa shape index (κ2) is 4.83. The van der Waals surface area contributed by atoms with Crippen molar-refractivity contribution in [2.24, 2.45) is 11.3 Å². The van der Waals surface area contributed by atoms with Crippen molar-refractivity contribution in [3.05, 3.63) is 11.1 Å². The molecule has 0 bridgehead atoms. The summed E-state index contributed by atoms with van der Waals surface area (Å²) in [5, 5.41) is 5.58. The van der Waals surface area contributed by atoms with Gasteiger partial charge in [-0.25, -0.2) is 0 Å². The zero-order valence-electron chi connectivity index (χ0n) is 11.5. The molecule has 5 nitrogen and oxygen atoms in total. The maximum absolute atomic E-state index is 12.1. The quantitative estimate of drug-likeness (QED) is 0.838. The van der Waals surface area contributed by atoms with Crippen LogP contribution in [0.15, 0.2) is 5.38 Å². The molecule has 0 radical (unpaired) electrons. The molecule has 1 aromatic heterocycles. The molecule has 2 saturated heterocycles. The Morgan fingerprint density at radius 2 is 2.26 bits per heavy atom. The van der Waals surface area contributed by atoms with Gasteiger partial charge in [-0.2, -0.15) is 0 Å². The standard InChI is InChI=1S/C13H20N4OS/c1-10(2)5-16-4-3-13(7-16)8-17(9-13)12(18)11-6-19-15-14-11/h6,10H,3-5,7-9H2,1-2H3. The van der Waals surface area contributed by atoms with E-state index in [1.807, 2.05) is 4.90 Å². The van der Waals surface area contributed by atoms with Crippen molar-refractivity contribution in [1.29, 1.82) is 0 Å². The summed E-state index contributed by atoms with van der Waals surface area (Å²) in [6.07, 6.45) is 1.22. The molecule has 6 heteroatoms. The van der Waals surface area contributed by atoms with E-state index in [1.54, 1.807) is 5.38 Å². The fraction of sp³-hybridized carbons (Fsp3) is 0.769. The van der Waals surface area contributed by atoms with Gasteiger partial charge in [-0.1, -0.05) is 18.3 Å². The van der Waals surface area contributed by atoms with E-state index in [1.165, 1.54) is 31.0 Å². The third-order valence-corrected chi connectivity index (χ3v) is 4.56. The Morgan fingerprint density at radius 3 is 2.89 bits per heavy atom. The number of rotatable bonds is 3. The lowest BCUT2D eigenvalue weighted by atomic mass is 9.79. The first kappa shape index (κ1) is 13.0. The van der Waals surface area contributed by atoms with Crippen LogP contribution in [0.1, 0.15) is 30.8 Å². The van der Waals surface area contributed by atoms with Crippen molar-refractivity contribution in [3.63, 3.8) is 0 Å². The lowest BCUT2D eigenvalue weighted by Gasteiger charge is -2.47. The second-order valence-corrected chi connectivity index (χ2v) is 6.94. The Morgan fingerprint density at radius 1 is 1.47 bits per heavy atom. The summed E-state index contributed by atoms with van der Waals surface area (Å²) < 4.78 is 3.75. The summed E-state index contributed by atoms with van der Waals surface area (Å²) in [5.74, 6) is 0.760. The van der Waals surface area contributed by atoms with Crippen LogP contribution < -0.4 is 0 Å². The van der Waals surface area contributed by atoms with Gasteiger partial charge in [-0.15, -0.1) is 5.10 Å². The van der Waals surface area contributed by atoms with Gasteiger partial charge in [0.1, 0.15) is 0 Å². The van der Waals surface area contributed by atoms with E-state index >= 15 is 0 Å². The fourth-order valence-electron chi connectivity index (χ4n) is 3.28. The predicted octanol–water partition coefficient (Wildman–Crippen LogP) is 1.34. The Kier molecular flexibility index (Phi) is 3.30. The number of nitrogens with zero attached hydrogens (tertiary/aromatic N) is 4. The number of likely N-dealkylation sites (tertiary alicyclic amines) is 2. The summed E-state index contributed by atoms with van der Waals surface area (Å²) in [5.41, 5.74) is 0.852. The molecule has 104 valence electrons. The Bertz CT molecular complexity index is 453. The van der Waals surface area contributed by atoms with Gasteiger partial charge in [0, 0.05) is 37.0 Å². The average Bonchev–Trinajstić information content (AvgIpc) is 2.93. The summed E-state index contributed by atoms with van der Waals surface area (Å²) in [6, 6.07) is 0. The van der Waals surface area contributed by atoms with E-state index < -0.39 is 0 Å². The third-order valence-electron chi connectivity index (χ3n) is 4.06. The third kappa shape index (κ3) is 2.51. The van der Waals surface area contributed by atoms with Crippen molar-refractivity contribution in [2.75, 3.05) is 32.7 Å². The first-order valence-electron chi connectivity index (χ1n) is 6.87. The molecule has 0 saturated carbocycles. The molecule has 1 aromatic rings. The number of aromatic nitrogens is 2. The molecule has 0 aromatic carbocycles. The van der Waals surface area contributed by atoms with Crippen LogP contribution >= 0.6 is 11.5 Å². The molecule has 0 unspecified atom stereocenters. The molecule has 0 atom stereocenters. The van der Waals surface area contributed by atoms with Gasteiger partial charge in [0.05, 0.1) is 0 Å². The van der Waals surface area contributed by atoms with Crippen LogP contribution in [0.3, 0.4) is 0 Å². The SMILES string of the molecule is CC(C)CN1CCC2(C1)CN(C(=O)c1csnn1)C2. The van der Waals surface area contributed by atoms with Crippen LogP contribution in [0.25, 0.3) is 0 Å². The van der Waals surface area contributed by atoms with E-state index in [0.29, 0.717) is 17.0 Å². The van der Waals surface area contributed by atoms with Gasteiger partial charge in [0.25, 0.3) is 5.91 Å². The highest BCUT2D eigenvalue weighted by Gasteiger charge is 2.49. The molecule has 2 fully saturated rings. The fourth-order valence-corrected chi connectivity index (χ4v) is 3.71. The van der Waals surface area contributed by atoms with Gasteiger partial charge in [-0.05, 0) is 30.4 Å². The largest absolute Gasteiger partial charge is 0.336 e. The molecule has 0 N–H and O–H groups in total. The van der Waals surface area contributed by atoms with Crippen LogP contribution in [0.2, 0.25) is 0 Å².